The largest absolute Gasteiger partial charge is 0.398 e. The van der Waals surface area contributed by atoms with Gasteiger partial charge in [0.05, 0.1) is 0 Å². The average Bonchev–Trinajstić information content (AvgIpc) is 2.09. The van der Waals surface area contributed by atoms with Crippen LogP contribution < -0.4 is 5.73 Å². The molecule has 0 aliphatic rings. The van der Waals surface area contributed by atoms with Crippen molar-refractivity contribution in [1.29, 1.82) is 0 Å². The highest BCUT2D eigenvalue weighted by Crippen LogP contribution is 2.30. The average molecular weight is 267 g/mol. The lowest BCUT2D eigenvalue weighted by atomic mass is 9.76. The van der Waals surface area contributed by atoms with E-state index in [1.54, 1.807) is 25.4 Å². The summed E-state index contributed by atoms with van der Waals surface area (Å²) in [5.74, 6) is 0. The Balaban J connectivity index is 3.41. The minimum Gasteiger partial charge on any atom is -0.398 e. The Kier molecular flexibility index (Phi) is 3.57. The topological polar surface area (TPSA) is 58.6 Å². The van der Waals surface area contributed by atoms with Crippen LogP contribution in [0.5, 0.6) is 0 Å². The number of aliphatic hydroxyl groups is 1. The number of hydrogen-bond acceptors (Lipinski definition) is 3. The van der Waals surface area contributed by atoms with Gasteiger partial charge in [0.25, 0.3) is 0 Å². The quantitative estimate of drug-likeness (QED) is 0.483. The third kappa shape index (κ3) is 2.61. The van der Waals surface area contributed by atoms with Gasteiger partial charge in [-0.2, -0.15) is 0 Å². The Bertz CT molecular complexity index is 399. The van der Waals surface area contributed by atoms with Gasteiger partial charge in [-0.15, -0.1) is 0 Å². The van der Waals surface area contributed by atoms with Gasteiger partial charge < -0.3 is 10.8 Å². The van der Waals surface area contributed by atoms with Crippen LogP contribution in [-0.4, -0.2) is 26.2 Å². The molecule has 1 aromatic rings. The number of halogens is 1. The highest BCUT2D eigenvalue weighted by Gasteiger charge is 2.20. The first-order valence-electron chi connectivity index (χ1n) is 4.39. The minimum absolute atomic E-state index is 0.433. The van der Waals surface area contributed by atoms with Crippen molar-refractivity contribution in [3.05, 3.63) is 27.7 Å². The van der Waals surface area contributed by atoms with Gasteiger partial charge in [-0.1, -0.05) is 22.0 Å². The van der Waals surface area contributed by atoms with E-state index in [9.17, 15) is 5.11 Å². The molecule has 3 nitrogen and oxygen atoms in total. The van der Waals surface area contributed by atoms with Gasteiger partial charge in [-0.3, -0.25) is 4.99 Å². The van der Waals surface area contributed by atoms with Crippen LogP contribution in [-0.2, 0) is 5.50 Å². The number of benzene rings is 1. The van der Waals surface area contributed by atoms with Crippen LogP contribution in [0.25, 0.3) is 0 Å². The van der Waals surface area contributed by atoms with Crippen LogP contribution >= 0.6 is 15.9 Å². The zero-order valence-electron chi connectivity index (χ0n) is 8.66. The standard InChI is InChI=1S/C10H12BBrN2O/c1-10(11,15)7-3-4-8(12)6(5-14-2)9(7)13/h3-5,15H,13H2,1-2H3. The first-order chi connectivity index (χ1) is 6.88. The van der Waals surface area contributed by atoms with Gasteiger partial charge in [-0.05, 0) is 18.6 Å². The Morgan fingerprint density at radius 1 is 1.60 bits per heavy atom. The molecule has 15 heavy (non-hydrogen) atoms. The summed E-state index contributed by atoms with van der Waals surface area (Å²) in [5.41, 5.74) is 6.09. The number of nitrogens with zero attached hydrogens (tertiary/aromatic N) is 1. The van der Waals surface area contributed by atoms with Crippen molar-refractivity contribution >= 4 is 35.7 Å². The molecule has 0 amide bonds. The lowest BCUT2D eigenvalue weighted by Gasteiger charge is -2.22. The zero-order chi connectivity index (χ0) is 11.6. The summed E-state index contributed by atoms with van der Waals surface area (Å²) >= 11 is 3.36. The first-order valence-corrected chi connectivity index (χ1v) is 5.19. The normalized spacial score (nSPS) is 15.5. The molecule has 0 fully saturated rings. The van der Waals surface area contributed by atoms with E-state index in [0.29, 0.717) is 11.3 Å². The summed E-state index contributed by atoms with van der Waals surface area (Å²) < 4.78 is 0.818. The molecule has 1 atom stereocenters. The van der Waals surface area contributed by atoms with Crippen molar-refractivity contribution in [2.45, 2.75) is 12.4 Å². The van der Waals surface area contributed by atoms with Gasteiger partial charge in [0.1, 0.15) is 7.85 Å². The molecule has 3 N–H and O–H groups in total. The van der Waals surface area contributed by atoms with Gasteiger partial charge in [-0.25, -0.2) is 0 Å². The van der Waals surface area contributed by atoms with Crippen LogP contribution in [0, 0.1) is 0 Å². The van der Waals surface area contributed by atoms with Crippen LogP contribution in [0.15, 0.2) is 21.6 Å². The molecule has 0 heterocycles. The highest BCUT2D eigenvalue weighted by atomic mass is 79.9. The van der Waals surface area contributed by atoms with Crippen LogP contribution in [0.3, 0.4) is 0 Å². The minimum atomic E-state index is -1.44. The Labute approximate surface area is 98.9 Å². The van der Waals surface area contributed by atoms with E-state index in [4.69, 9.17) is 13.6 Å². The Morgan fingerprint density at radius 2 is 2.20 bits per heavy atom. The molecule has 0 saturated heterocycles. The van der Waals surface area contributed by atoms with Gasteiger partial charge >= 0.3 is 0 Å². The maximum atomic E-state index is 9.69. The number of anilines is 1. The maximum Gasteiger partial charge on any atom is 0.119 e. The molecule has 0 aromatic heterocycles. The monoisotopic (exact) mass is 266 g/mol. The molecule has 0 saturated carbocycles. The predicted octanol–water partition coefficient (Wildman–Crippen LogP) is 1.41. The number of nitrogen functional groups attached to an aromatic ring is 1. The summed E-state index contributed by atoms with van der Waals surface area (Å²) in [6.45, 7) is 1.49. The number of nitrogens with two attached hydrogens (primary N) is 1. The van der Waals surface area contributed by atoms with Crippen molar-refractivity contribution in [3.8, 4) is 0 Å². The van der Waals surface area contributed by atoms with Gasteiger partial charge in [0.15, 0.2) is 0 Å². The molecule has 1 unspecified atom stereocenters. The van der Waals surface area contributed by atoms with Gasteiger partial charge in [0, 0.05) is 34.5 Å². The lowest BCUT2D eigenvalue weighted by Crippen LogP contribution is -2.23. The summed E-state index contributed by atoms with van der Waals surface area (Å²) in [7, 11) is 7.24. The smallest absolute Gasteiger partial charge is 0.119 e. The van der Waals surface area contributed by atoms with E-state index in [1.807, 2.05) is 0 Å². The second-order valence-corrected chi connectivity index (χ2v) is 4.31. The zero-order valence-corrected chi connectivity index (χ0v) is 10.2. The van der Waals surface area contributed by atoms with Crippen molar-refractivity contribution in [3.63, 3.8) is 0 Å². The fourth-order valence-electron chi connectivity index (χ4n) is 1.31. The third-order valence-electron chi connectivity index (χ3n) is 2.04. The molecule has 1 rings (SSSR count). The molecule has 5 heteroatoms. The van der Waals surface area contributed by atoms with E-state index in [-0.39, 0.29) is 0 Å². The fourth-order valence-corrected chi connectivity index (χ4v) is 1.76. The van der Waals surface area contributed by atoms with E-state index < -0.39 is 5.50 Å². The molecule has 0 spiro atoms. The molecular weight excluding hydrogens is 255 g/mol. The fraction of sp³-hybridized carbons (Fsp3) is 0.300. The third-order valence-corrected chi connectivity index (χ3v) is 2.73. The van der Waals surface area contributed by atoms with E-state index in [0.717, 1.165) is 10.0 Å². The van der Waals surface area contributed by atoms with E-state index >= 15 is 0 Å². The highest BCUT2D eigenvalue weighted by molar-refractivity contribution is 9.10. The van der Waals surface area contributed by atoms with Crippen molar-refractivity contribution in [1.82, 2.24) is 0 Å². The predicted molar refractivity (Wildman–Crippen MR) is 67.4 cm³/mol. The SMILES string of the molecule is [B]C(C)(O)c1ccc(Br)c(C=NC)c1N. The number of hydrogen-bond donors (Lipinski definition) is 2. The van der Waals surface area contributed by atoms with Crippen molar-refractivity contribution in [2.75, 3.05) is 12.8 Å². The second kappa shape index (κ2) is 4.37. The molecule has 1 aromatic carbocycles. The number of rotatable bonds is 2. The summed E-state index contributed by atoms with van der Waals surface area (Å²) in [6.07, 6.45) is 1.62. The molecule has 0 aliphatic heterocycles. The summed E-state index contributed by atoms with van der Waals surface area (Å²) in [5, 5.41) is 9.69. The lowest BCUT2D eigenvalue weighted by molar-refractivity contribution is 0.150. The maximum absolute atomic E-state index is 9.69. The summed E-state index contributed by atoms with van der Waals surface area (Å²) in [4.78, 5) is 3.89. The molecule has 0 aliphatic carbocycles. The van der Waals surface area contributed by atoms with E-state index in [2.05, 4.69) is 20.9 Å². The van der Waals surface area contributed by atoms with Crippen LogP contribution in [0.4, 0.5) is 5.69 Å². The van der Waals surface area contributed by atoms with E-state index in [1.165, 1.54) is 6.92 Å². The summed E-state index contributed by atoms with van der Waals surface area (Å²) in [6, 6.07) is 3.47. The molecule has 2 radical (unpaired) electrons. The number of aliphatic imine (C=N–C) groups is 1. The Morgan fingerprint density at radius 3 is 2.67 bits per heavy atom. The first kappa shape index (κ1) is 12.3. The molecule has 78 valence electrons. The van der Waals surface area contributed by atoms with Crippen molar-refractivity contribution in [2.24, 2.45) is 4.99 Å². The van der Waals surface area contributed by atoms with Crippen LogP contribution in [0.1, 0.15) is 18.1 Å². The molecular formula is C10H12BBrN2O. The Hall–Kier alpha value is -0.805. The van der Waals surface area contributed by atoms with Gasteiger partial charge in [0.2, 0.25) is 0 Å². The second-order valence-electron chi connectivity index (χ2n) is 3.46. The molecule has 0 bridgehead atoms. The van der Waals surface area contributed by atoms with Crippen molar-refractivity contribution < 1.29 is 5.11 Å². The van der Waals surface area contributed by atoms with Crippen LogP contribution in [0.2, 0.25) is 0 Å².